The number of hydrogen-bond donors (Lipinski definition) is 0. The third-order valence-corrected chi connectivity index (χ3v) is 4.52. The van der Waals surface area contributed by atoms with Crippen molar-refractivity contribution in [1.82, 2.24) is 4.90 Å². The third-order valence-electron chi connectivity index (χ3n) is 3.33. The van der Waals surface area contributed by atoms with E-state index < -0.39 is 0 Å². The van der Waals surface area contributed by atoms with E-state index >= 15 is 0 Å². The maximum Gasteiger partial charge on any atom is 0.101 e. The summed E-state index contributed by atoms with van der Waals surface area (Å²) in [5.41, 5.74) is 0. The number of nitriles is 1. The molecule has 2 rings (SSSR count). The lowest BCUT2D eigenvalue weighted by Crippen LogP contribution is -2.42. The van der Waals surface area contributed by atoms with E-state index in [-0.39, 0.29) is 6.04 Å². The van der Waals surface area contributed by atoms with E-state index in [9.17, 15) is 5.26 Å². The van der Waals surface area contributed by atoms with Crippen LogP contribution in [0.4, 0.5) is 0 Å². The molecule has 2 saturated heterocycles. The SMILES string of the molecule is N#CC(C1CCSC1)N1CCCCC1. The molecular weight excluding hydrogens is 192 g/mol. The van der Waals surface area contributed by atoms with Crippen molar-refractivity contribution in [3.8, 4) is 6.07 Å². The Bertz CT molecular complexity index is 212. The van der Waals surface area contributed by atoms with Crippen LogP contribution in [0, 0.1) is 17.2 Å². The molecule has 0 aromatic heterocycles. The quantitative estimate of drug-likeness (QED) is 0.698. The number of likely N-dealkylation sites (tertiary alicyclic amines) is 1. The minimum Gasteiger partial charge on any atom is -0.288 e. The van der Waals surface area contributed by atoms with Gasteiger partial charge >= 0.3 is 0 Å². The summed E-state index contributed by atoms with van der Waals surface area (Å²) >= 11 is 2.01. The lowest BCUT2D eigenvalue weighted by molar-refractivity contribution is 0.160. The predicted octanol–water partition coefficient (Wildman–Crippen LogP) is 2.12. The van der Waals surface area contributed by atoms with Crippen molar-refractivity contribution in [3.05, 3.63) is 0 Å². The van der Waals surface area contributed by atoms with Crippen LogP contribution >= 0.6 is 11.8 Å². The van der Waals surface area contributed by atoms with Crippen LogP contribution < -0.4 is 0 Å². The molecule has 0 amide bonds. The lowest BCUT2D eigenvalue weighted by atomic mass is 9.97. The van der Waals surface area contributed by atoms with Gasteiger partial charge < -0.3 is 0 Å². The van der Waals surface area contributed by atoms with E-state index in [1.807, 2.05) is 11.8 Å². The maximum atomic E-state index is 9.24. The molecule has 0 spiro atoms. The molecule has 2 atom stereocenters. The summed E-state index contributed by atoms with van der Waals surface area (Å²) in [4.78, 5) is 2.42. The summed E-state index contributed by atoms with van der Waals surface area (Å²) in [7, 11) is 0. The summed E-state index contributed by atoms with van der Waals surface area (Å²) in [6, 6.07) is 2.74. The van der Waals surface area contributed by atoms with Gasteiger partial charge in [-0.15, -0.1) is 0 Å². The average molecular weight is 210 g/mol. The van der Waals surface area contributed by atoms with Crippen LogP contribution in [0.3, 0.4) is 0 Å². The Morgan fingerprint density at radius 2 is 2.07 bits per heavy atom. The molecule has 2 unspecified atom stereocenters. The van der Waals surface area contributed by atoms with Crippen LogP contribution in [0.15, 0.2) is 0 Å². The predicted molar refractivity (Wildman–Crippen MR) is 60.3 cm³/mol. The molecule has 3 heteroatoms. The van der Waals surface area contributed by atoms with Gasteiger partial charge in [0, 0.05) is 0 Å². The van der Waals surface area contributed by atoms with Gasteiger partial charge in [-0.25, -0.2) is 0 Å². The largest absolute Gasteiger partial charge is 0.288 e. The highest BCUT2D eigenvalue weighted by Gasteiger charge is 2.30. The van der Waals surface area contributed by atoms with Crippen LogP contribution in [-0.2, 0) is 0 Å². The van der Waals surface area contributed by atoms with Gasteiger partial charge in [0.2, 0.25) is 0 Å². The first-order valence-electron chi connectivity index (χ1n) is 5.63. The van der Waals surface area contributed by atoms with Crippen LogP contribution in [0.1, 0.15) is 25.7 Å². The molecule has 78 valence electrons. The van der Waals surface area contributed by atoms with Gasteiger partial charge in [0.15, 0.2) is 0 Å². The molecule has 14 heavy (non-hydrogen) atoms. The second-order valence-corrected chi connectivity index (χ2v) is 5.44. The standard InChI is InChI=1S/C11H18N2S/c12-8-11(10-4-7-14-9-10)13-5-2-1-3-6-13/h10-11H,1-7,9H2. The van der Waals surface area contributed by atoms with Crippen molar-refractivity contribution < 1.29 is 0 Å². The van der Waals surface area contributed by atoms with Gasteiger partial charge in [0.05, 0.1) is 6.07 Å². The Morgan fingerprint density at radius 1 is 1.29 bits per heavy atom. The summed E-state index contributed by atoms with van der Waals surface area (Å²) in [5, 5.41) is 9.24. The fraction of sp³-hybridized carbons (Fsp3) is 0.909. The Labute approximate surface area is 90.7 Å². The molecule has 2 fully saturated rings. The third kappa shape index (κ3) is 2.24. The first-order valence-corrected chi connectivity index (χ1v) is 6.78. The van der Waals surface area contributed by atoms with Gasteiger partial charge in [-0.1, -0.05) is 6.42 Å². The molecule has 2 nitrogen and oxygen atoms in total. The van der Waals surface area contributed by atoms with E-state index in [4.69, 9.17) is 0 Å². The molecule has 0 aromatic carbocycles. The number of piperidine rings is 1. The summed E-state index contributed by atoms with van der Waals surface area (Å²) in [6.45, 7) is 2.30. The van der Waals surface area contributed by atoms with Gasteiger partial charge in [-0.2, -0.15) is 17.0 Å². The van der Waals surface area contributed by atoms with Crippen molar-refractivity contribution >= 4 is 11.8 Å². The minimum atomic E-state index is 0.213. The van der Waals surface area contributed by atoms with Crippen LogP contribution in [0.25, 0.3) is 0 Å². The molecule has 0 bridgehead atoms. The number of hydrogen-bond acceptors (Lipinski definition) is 3. The van der Waals surface area contributed by atoms with E-state index in [2.05, 4.69) is 11.0 Å². The topological polar surface area (TPSA) is 27.0 Å². The number of thioether (sulfide) groups is 1. The average Bonchev–Trinajstić information content (AvgIpc) is 2.74. The smallest absolute Gasteiger partial charge is 0.101 e. The van der Waals surface area contributed by atoms with Crippen molar-refractivity contribution in [2.45, 2.75) is 31.7 Å². The molecule has 0 radical (unpaired) electrons. The zero-order valence-corrected chi connectivity index (χ0v) is 9.43. The first-order chi connectivity index (χ1) is 6.92. The molecule has 0 N–H and O–H groups in total. The Hall–Kier alpha value is -0.200. The van der Waals surface area contributed by atoms with E-state index in [1.165, 1.54) is 37.2 Å². The lowest BCUT2D eigenvalue weighted by Gasteiger charge is -2.33. The highest BCUT2D eigenvalue weighted by atomic mass is 32.2. The van der Waals surface area contributed by atoms with E-state index in [0.717, 1.165) is 13.1 Å². The van der Waals surface area contributed by atoms with Crippen molar-refractivity contribution in [2.75, 3.05) is 24.6 Å². The normalized spacial score (nSPS) is 31.2. The zero-order valence-electron chi connectivity index (χ0n) is 8.61. The second-order valence-electron chi connectivity index (χ2n) is 4.29. The maximum absolute atomic E-state index is 9.24. The number of rotatable bonds is 2. The molecule has 0 saturated carbocycles. The van der Waals surface area contributed by atoms with Crippen molar-refractivity contribution in [3.63, 3.8) is 0 Å². The van der Waals surface area contributed by atoms with E-state index in [0.29, 0.717) is 5.92 Å². The molecule has 2 aliphatic heterocycles. The minimum absolute atomic E-state index is 0.213. The molecular formula is C11H18N2S. The number of nitrogens with zero attached hydrogens (tertiary/aromatic N) is 2. The fourth-order valence-corrected chi connectivity index (χ4v) is 3.77. The Balaban J connectivity index is 1.93. The van der Waals surface area contributed by atoms with E-state index in [1.54, 1.807) is 0 Å². The van der Waals surface area contributed by atoms with Gasteiger partial charge in [-0.05, 0) is 49.8 Å². The second kappa shape index (κ2) is 5.04. The van der Waals surface area contributed by atoms with Crippen LogP contribution in [0.2, 0.25) is 0 Å². The monoisotopic (exact) mass is 210 g/mol. The highest BCUT2D eigenvalue weighted by molar-refractivity contribution is 7.99. The summed E-state index contributed by atoms with van der Waals surface area (Å²) in [5.74, 6) is 3.11. The molecule has 2 heterocycles. The molecule has 0 aliphatic carbocycles. The van der Waals surface area contributed by atoms with Crippen LogP contribution in [0.5, 0.6) is 0 Å². The zero-order chi connectivity index (χ0) is 9.80. The summed E-state index contributed by atoms with van der Waals surface area (Å²) < 4.78 is 0. The van der Waals surface area contributed by atoms with Crippen molar-refractivity contribution in [2.24, 2.45) is 5.92 Å². The van der Waals surface area contributed by atoms with Crippen LogP contribution in [-0.4, -0.2) is 35.5 Å². The Kier molecular flexibility index (Phi) is 3.72. The first kappa shape index (κ1) is 10.3. The van der Waals surface area contributed by atoms with Crippen molar-refractivity contribution in [1.29, 1.82) is 5.26 Å². The highest BCUT2D eigenvalue weighted by Crippen LogP contribution is 2.29. The van der Waals surface area contributed by atoms with Gasteiger partial charge in [0.1, 0.15) is 6.04 Å². The fourth-order valence-electron chi connectivity index (χ4n) is 2.48. The summed E-state index contributed by atoms with van der Waals surface area (Å²) in [6.07, 6.45) is 5.18. The van der Waals surface area contributed by atoms with Gasteiger partial charge in [-0.3, -0.25) is 4.90 Å². The molecule has 2 aliphatic rings. The van der Waals surface area contributed by atoms with Gasteiger partial charge in [0.25, 0.3) is 0 Å². The Morgan fingerprint density at radius 3 is 2.64 bits per heavy atom. The molecule has 0 aromatic rings.